The van der Waals surface area contributed by atoms with Gasteiger partial charge < -0.3 is 4.74 Å². The predicted octanol–water partition coefficient (Wildman–Crippen LogP) is 4.96. The Bertz CT molecular complexity index is 660. The number of esters is 1. The van der Waals surface area contributed by atoms with Crippen LogP contribution in [0.15, 0.2) is 0 Å². The summed E-state index contributed by atoms with van der Waals surface area (Å²) < 4.78 is 35.7. The number of hydrogen-bond donors (Lipinski definition) is 0. The van der Waals surface area contributed by atoms with Crippen LogP contribution in [0.5, 0.6) is 0 Å². The first-order chi connectivity index (χ1) is 15.8. The van der Waals surface area contributed by atoms with Gasteiger partial charge in [-0.1, -0.05) is 0 Å². The molecule has 1 aliphatic rings. The zero-order chi connectivity index (χ0) is 25.8. The number of carbonyl (C=O) groups is 1. The van der Waals surface area contributed by atoms with Gasteiger partial charge in [0.1, 0.15) is 0 Å². The molecule has 1 heterocycles. The van der Waals surface area contributed by atoms with Crippen molar-refractivity contribution in [2.24, 2.45) is 0 Å². The van der Waals surface area contributed by atoms with Crippen molar-refractivity contribution in [3.05, 3.63) is 0 Å². The van der Waals surface area contributed by atoms with E-state index >= 15 is 0 Å². The van der Waals surface area contributed by atoms with Gasteiger partial charge in [0.25, 0.3) is 0 Å². The third-order valence-corrected chi connectivity index (χ3v) is 8.13. The minimum atomic E-state index is -1.85. The van der Waals surface area contributed by atoms with Gasteiger partial charge in [-0.25, -0.2) is 0 Å². The van der Waals surface area contributed by atoms with Crippen molar-refractivity contribution < 1.29 is 32.3 Å². The molecule has 1 rings (SSSR count). The second kappa shape index (κ2) is 16.5. The van der Waals surface area contributed by atoms with Crippen LogP contribution in [0.1, 0.15) is 45.4 Å². The molecular formula is C21H45BO7P2SSi2. The predicted molar refractivity (Wildman–Crippen MR) is 151 cm³/mol. The summed E-state index contributed by atoms with van der Waals surface area (Å²) in [6.07, 6.45) is 3.90. The van der Waals surface area contributed by atoms with Crippen LogP contribution in [0, 0.1) is 0 Å². The molecule has 0 aromatic heterocycles. The van der Waals surface area contributed by atoms with E-state index in [0.29, 0.717) is 19.6 Å². The van der Waals surface area contributed by atoms with Gasteiger partial charge in [0.15, 0.2) is 0 Å². The van der Waals surface area contributed by atoms with Crippen LogP contribution < -0.4 is 0 Å². The molecule has 1 saturated heterocycles. The third-order valence-electron chi connectivity index (χ3n) is 5.11. The average Bonchev–Trinajstić information content (AvgIpc) is 2.67. The SMILES string of the molecule is CCOC(=O)C[C@@H](C[C@H]1C[C@@H](O[Si](C)(C)C)C[C@@H](C[C@H](CCOB=[PH]=S)OP)O1)O[Si](C)(C)C. The van der Waals surface area contributed by atoms with Gasteiger partial charge in [0.05, 0.1) is 6.61 Å². The summed E-state index contributed by atoms with van der Waals surface area (Å²) in [7, 11) is -1.20. The van der Waals surface area contributed by atoms with E-state index in [4.69, 9.17) is 39.3 Å². The topological polar surface area (TPSA) is 72.5 Å². The first-order valence-electron chi connectivity index (χ1n) is 12.2. The van der Waals surface area contributed by atoms with Gasteiger partial charge >= 0.3 is 176 Å². The van der Waals surface area contributed by atoms with E-state index in [-0.39, 0.29) is 49.8 Å². The number of rotatable bonds is 16. The molecule has 7 nitrogen and oxygen atoms in total. The first-order valence-corrected chi connectivity index (χ1v) is 21.7. The summed E-state index contributed by atoms with van der Waals surface area (Å²) >= 11 is 4.91. The number of carbonyl (C=O) groups excluding carboxylic acids is 1. The summed E-state index contributed by atoms with van der Waals surface area (Å²) in [5, 5.41) is 0. The van der Waals surface area contributed by atoms with Crippen molar-refractivity contribution in [3.8, 4) is 0 Å². The van der Waals surface area contributed by atoms with Crippen molar-refractivity contribution in [1.82, 2.24) is 0 Å². The minimum absolute atomic E-state index is 0.00306. The molecule has 198 valence electrons. The van der Waals surface area contributed by atoms with Crippen LogP contribution in [-0.4, -0.2) is 73.2 Å². The van der Waals surface area contributed by atoms with E-state index in [1.165, 1.54) is 0 Å². The van der Waals surface area contributed by atoms with Crippen LogP contribution in [0.2, 0.25) is 39.3 Å². The normalized spacial score (nSPS) is 23.4. The maximum absolute atomic E-state index is 12.2. The van der Waals surface area contributed by atoms with Crippen LogP contribution >= 0.6 is 16.3 Å². The molecule has 0 saturated carbocycles. The van der Waals surface area contributed by atoms with E-state index < -0.39 is 16.6 Å². The Balaban J connectivity index is 2.91. The smallest absolute Gasteiger partial charge is 0.0461 e. The molecule has 0 spiro atoms. The summed E-state index contributed by atoms with van der Waals surface area (Å²) in [4.78, 5) is 12.2. The molecule has 34 heavy (non-hydrogen) atoms. The number of hydrogen-bond acceptors (Lipinski definition) is 8. The molecule has 2 unspecified atom stereocenters. The summed E-state index contributed by atoms with van der Waals surface area (Å²) in [6, 6.07) is 0. The van der Waals surface area contributed by atoms with E-state index in [9.17, 15) is 4.79 Å². The van der Waals surface area contributed by atoms with Crippen LogP contribution in [0.4, 0.5) is 0 Å². The molecule has 0 amide bonds. The summed E-state index contributed by atoms with van der Waals surface area (Å²) in [5.74, 6) is -0.221. The standard InChI is InChI=1S/C21H45BO7P2SSi2/c1-8-24-21(23)15-20(29-34(5,6)7)14-18-13-19(28-33(2,3)4)12-17(26-18)11-16(27-30)9-10-25-22-31-32/h16-20,31H,8-15,30H2,1-7H3/t16-,17+,18+,19-,20+/m0/s1. The molecule has 0 aliphatic carbocycles. The maximum atomic E-state index is 12.2. The van der Waals surface area contributed by atoms with Crippen molar-refractivity contribution >= 4 is 57.5 Å². The molecule has 0 aromatic carbocycles. The fourth-order valence-electron chi connectivity index (χ4n) is 4.16. The zero-order valence-corrected chi connectivity index (χ0v) is 26.9. The fraction of sp³-hybridized carbons (Fsp3) is 0.952. The molecule has 0 radical (unpaired) electrons. The van der Waals surface area contributed by atoms with Crippen LogP contribution in [0.3, 0.4) is 0 Å². The van der Waals surface area contributed by atoms with Crippen LogP contribution in [0.25, 0.3) is 0 Å². The second-order valence-corrected chi connectivity index (χ2v) is 21.1. The molecule has 0 aromatic rings. The van der Waals surface area contributed by atoms with E-state index in [2.05, 4.69) is 48.7 Å². The molecule has 1 fully saturated rings. The Morgan fingerprint density at radius 2 is 1.74 bits per heavy atom. The Morgan fingerprint density at radius 1 is 1.12 bits per heavy atom. The van der Waals surface area contributed by atoms with Crippen molar-refractivity contribution in [2.75, 3.05) is 13.2 Å². The summed E-state index contributed by atoms with van der Waals surface area (Å²) in [5.41, 5.74) is 0. The van der Waals surface area contributed by atoms with Crippen molar-refractivity contribution in [2.45, 2.75) is 115 Å². The van der Waals surface area contributed by atoms with Gasteiger partial charge in [-0.3, -0.25) is 4.79 Å². The third kappa shape index (κ3) is 15.7. The van der Waals surface area contributed by atoms with Crippen LogP contribution in [-0.2, 0) is 44.1 Å². The molecule has 0 N–H and O–H groups in total. The Morgan fingerprint density at radius 3 is 2.24 bits per heavy atom. The minimum Gasteiger partial charge on any atom is -0.0461 e. The zero-order valence-electron chi connectivity index (χ0n) is 22.0. The monoisotopic (exact) mass is 570 g/mol. The molecule has 7 atom stereocenters. The Labute approximate surface area is 217 Å². The molecule has 1 aliphatic heterocycles. The number of ether oxygens (including phenoxy) is 2. The van der Waals surface area contributed by atoms with Gasteiger partial charge in [-0.2, -0.15) is 0 Å². The molecule has 0 bridgehead atoms. The van der Waals surface area contributed by atoms with E-state index in [1.807, 2.05) is 6.92 Å². The van der Waals surface area contributed by atoms with Gasteiger partial charge in [0.2, 0.25) is 0 Å². The van der Waals surface area contributed by atoms with Gasteiger partial charge in [-0.05, 0) is 26.6 Å². The molecule has 13 heteroatoms. The average molecular weight is 571 g/mol. The quantitative estimate of drug-likeness (QED) is 0.112. The molecular weight excluding hydrogens is 525 g/mol. The van der Waals surface area contributed by atoms with Crippen molar-refractivity contribution in [3.63, 3.8) is 0 Å². The van der Waals surface area contributed by atoms with Gasteiger partial charge in [0, 0.05) is 0 Å². The van der Waals surface area contributed by atoms with Gasteiger partial charge in [-0.15, -0.1) is 0 Å². The van der Waals surface area contributed by atoms with E-state index in [1.54, 1.807) is 6.82 Å². The van der Waals surface area contributed by atoms with Crippen molar-refractivity contribution in [1.29, 1.82) is 0 Å². The van der Waals surface area contributed by atoms with E-state index in [0.717, 1.165) is 25.7 Å². The summed E-state index contributed by atoms with van der Waals surface area (Å²) in [6.45, 7) is 17.8. The Hall–Kier alpha value is 0.719. The first kappa shape index (κ1) is 32.7. The second-order valence-electron chi connectivity index (χ2n) is 10.7. The fourth-order valence-corrected chi connectivity index (χ4v) is 7.17. The Kier molecular flexibility index (Phi) is 15.9.